The van der Waals surface area contributed by atoms with E-state index in [2.05, 4.69) is 18.2 Å². The van der Waals surface area contributed by atoms with E-state index < -0.39 is 0 Å². The van der Waals surface area contributed by atoms with Gasteiger partial charge < -0.3 is 0 Å². The van der Waals surface area contributed by atoms with Gasteiger partial charge in [0.2, 0.25) is 0 Å². The Morgan fingerprint density at radius 1 is 1.25 bits per heavy atom. The lowest BCUT2D eigenvalue weighted by Crippen LogP contribution is -2.28. The van der Waals surface area contributed by atoms with E-state index in [0.717, 1.165) is 6.42 Å². The third-order valence-electron chi connectivity index (χ3n) is 3.64. The van der Waals surface area contributed by atoms with Gasteiger partial charge in [-0.1, -0.05) is 18.2 Å². The standard InChI is InChI=1S/C11H12O/c12-10-3-1-2-9-7-4-5-8(6-7)11(9)10/h1,3-5,7-9,11H,2,6H2/t7-,8+,9-,11-/m1/s1. The molecule has 3 aliphatic rings. The van der Waals surface area contributed by atoms with Gasteiger partial charge in [-0.3, -0.25) is 4.79 Å². The van der Waals surface area contributed by atoms with Crippen LogP contribution in [0.2, 0.25) is 0 Å². The fourth-order valence-electron chi connectivity index (χ4n) is 3.12. The first-order valence-corrected chi connectivity index (χ1v) is 4.75. The normalized spacial score (nSPS) is 48.5. The predicted molar refractivity (Wildman–Crippen MR) is 46.5 cm³/mol. The van der Waals surface area contributed by atoms with E-state index in [4.69, 9.17) is 0 Å². The van der Waals surface area contributed by atoms with Crippen LogP contribution < -0.4 is 0 Å². The van der Waals surface area contributed by atoms with E-state index in [-0.39, 0.29) is 0 Å². The molecule has 12 heavy (non-hydrogen) atoms. The van der Waals surface area contributed by atoms with Crippen LogP contribution in [0.4, 0.5) is 0 Å². The van der Waals surface area contributed by atoms with E-state index >= 15 is 0 Å². The maximum atomic E-state index is 11.5. The largest absolute Gasteiger partial charge is 0.295 e. The Balaban J connectivity index is 2.03. The Morgan fingerprint density at radius 3 is 2.92 bits per heavy atom. The van der Waals surface area contributed by atoms with Crippen molar-refractivity contribution >= 4 is 5.78 Å². The Kier molecular flexibility index (Phi) is 1.16. The van der Waals surface area contributed by atoms with Crippen molar-refractivity contribution in [1.82, 2.24) is 0 Å². The number of allylic oxidation sites excluding steroid dienone is 4. The van der Waals surface area contributed by atoms with Crippen molar-refractivity contribution in [3.63, 3.8) is 0 Å². The van der Waals surface area contributed by atoms with Crippen molar-refractivity contribution in [2.24, 2.45) is 23.7 Å². The molecule has 0 saturated heterocycles. The topological polar surface area (TPSA) is 17.1 Å². The number of hydrogen-bond donors (Lipinski definition) is 0. The molecule has 0 heterocycles. The Morgan fingerprint density at radius 2 is 2.08 bits per heavy atom. The summed E-state index contributed by atoms with van der Waals surface area (Å²) in [6.07, 6.45) is 10.8. The van der Waals surface area contributed by atoms with Gasteiger partial charge in [-0.15, -0.1) is 0 Å². The minimum atomic E-state index is 0.352. The van der Waals surface area contributed by atoms with Crippen LogP contribution in [0.25, 0.3) is 0 Å². The van der Waals surface area contributed by atoms with Crippen LogP contribution in [0.15, 0.2) is 24.3 Å². The molecule has 0 aliphatic heterocycles. The summed E-state index contributed by atoms with van der Waals surface area (Å²) >= 11 is 0. The van der Waals surface area contributed by atoms with Gasteiger partial charge in [-0.05, 0) is 36.7 Å². The highest BCUT2D eigenvalue weighted by Gasteiger charge is 2.47. The van der Waals surface area contributed by atoms with Crippen LogP contribution in [0.1, 0.15) is 12.8 Å². The minimum absolute atomic E-state index is 0.352. The van der Waals surface area contributed by atoms with Crippen molar-refractivity contribution in [2.45, 2.75) is 12.8 Å². The summed E-state index contributed by atoms with van der Waals surface area (Å²) in [4.78, 5) is 11.5. The SMILES string of the molecule is O=C1C=CC[C@H]2[C@H]1[C@H]1C=C[C@@H]2C1. The molecule has 0 aromatic heterocycles. The van der Waals surface area contributed by atoms with Crippen LogP contribution in [0, 0.1) is 23.7 Å². The summed E-state index contributed by atoms with van der Waals surface area (Å²) in [5.41, 5.74) is 0. The van der Waals surface area contributed by atoms with Gasteiger partial charge >= 0.3 is 0 Å². The lowest BCUT2D eigenvalue weighted by Gasteiger charge is -2.27. The van der Waals surface area contributed by atoms with Crippen molar-refractivity contribution in [3.05, 3.63) is 24.3 Å². The summed E-state index contributed by atoms with van der Waals surface area (Å²) in [5.74, 6) is 2.68. The molecule has 0 unspecified atom stereocenters. The maximum absolute atomic E-state index is 11.5. The van der Waals surface area contributed by atoms with E-state index in [1.807, 2.05) is 0 Å². The molecule has 0 spiro atoms. The molecule has 3 aliphatic carbocycles. The number of ketones is 1. The second kappa shape index (κ2) is 2.09. The smallest absolute Gasteiger partial charge is 0.159 e. The quantitative estimate of drug-likeness (QED) is 0.495. The summed E-state index contributed by atoms with van der Waals surface area (Å²) in [7, 11) is 0. The fourth-order valence-corrected chi connectivity index (χ4v) is 3.12. The first kappa shape index (κ1) is 6.64. The molecule has 1 heteroatoms. The zero-order chi connectivity index (χ0) is 8.13. The van der Waals surface area contributed by atoms with Crippen LogP contribution in [-0.2, 0) is 4.79 Å². The molecular formula is C11H12O. The zero-order valence-corrected chi connectivity index (χ0v) is 6.94. The lowest BCUT2D eigenvalue weighted by molar-refractivity contribution is -0.120. The molecule has 1 fully saturated rings. The molecule has 0 aromatic carbocycles. The van der Waals surface area contributed by atoms with Crippen LogP contribution in [0.5, 0.6) is 0 Å². The van der Waals surface area contributed by atoms with Gasteiger partial charge in [0.25, 0.3) is 0 Å². The molecule has 2 bridgehead atoms. The zero-order valence-electron chi connectivity index (χ0n) is 6.94. The molecular weight excluding hydrogens is 148 g/mol. The van der Waals surface area contributed by atoms with Crippen LogP contribution >= 0.6 is 0 Å². The molecule has 4 atom stereocenters. The molecule has 0 aromatic rings. The number of rotatable bonds is 0. The Bertz CT molecular complexity index is 287. The summed E-state index contributed by atoms with van der Waals surface area (Å²) in [5, 5.41) is 0. The van der Waals surface area contributed by atoms with Gasteiger partial charge in [0.1, 0.15) is 0 Å². The van der Waals surface area contributed by atoms with E-state index in [1.54, 1.807) is 6.08 Å². The summed E-state index contributed by atoms with van der Waals surface area (Å²) < 4.78 is 0. The molecule has 1 saturated carbocycles. The highest BCUT2D eigenvalue weighted by atomic mass is 16.1. The monoisotopic (exact) mass is 160 g/mol. The minimum Gasteiger partial charge on any atom is -0.295 e. The van der Waals surface area contributed by atoms with Gasteiger partial charge in [0.05, 0.1) is 0 Å². The molecule has 0 N–H and O–H groups in total. The maximum Gasteiger partial charge on any atom is 0.159 e. The Labute approximate surface area is 72.2 Å². The molecule has 62 valence electrons. The van der Waals surface area contributed by atoms with Gasteiger partial charge in [0.15, 0.2) is 5.78 Å². The third-order valence-corrected chi connectivity index (χ3v) is 3.64. The average Bonchev–Trinajstić information content (AvgIpc) is 2.64. The first-order valence-electron chi connectivity index (χ1n) is 4.75. The van der Waals surface area contributed by atoms with E-state index in [0.29, 0.717) is 29.5 Å². The van der Waals surface area contributed by atoms with E-state index in [9.17, 15) is 4.79 Å². The lowest BCUT2D eigenvalue weighted by atomic mass is 9.76. The summed E-state index contributed by atoms with van der Waals surface area (Å²) in [6.45, 7) is 0. The molecule has 1 nitrogen and oxygen atoms in total. The number of carbonyl (C=O) groups is 1. The number of carbonyl (C=O) groups excluding carboxylic acids is 1. The first-order chi connectivity index (χ1) is 5.86. The van der Waals surface area contributed by atoms with Crippen molar-refractivity contribution in [3.8, 4) is 0 Å². The Hall–Kier alpha value is -0.850. The highest BCUT2D eigenvalue weighted by Crippen LogP contribution is 2.51. The predicted octanol–water partition coefficient (Wildman–Crippen LogP) is 1.95. The van der Waals surface area contributed by atoms with Crippen LogP contribution in [-0.4, -0.2) is 5.78 Å². The molecule has 0 radical (unpaired) electrons. The van der Waals surface area contributed by atoms with Gasteiger partial charge in [-0.2, -0.15) is 0 Å². The molecule has 0 amide bonds. The van der Waals surface area contributed by atoms with E-state index in [1.165, 1.54) is 6.42 Å². The van der Waals surface area contributed by atoms with Crippen molar-refractivity contribution in [2.75, 3.05) is 0 Å². The molecule has 3 rings (SSSR count). The second-order valence-corrected chi connectivity index (χ2v) is 4.18. The number of hydrogen-bond acceptors (Lipinski definition) is 1. The van der Waals surface area contributed by atoms with Crippen molar-refractivity contribution in [1.29, 1.82) is 0 Å². The fraction of sp³-hybridized carbons (Fsp3) is 0.545. The highest BCUT2D eigenvalue weighted by molar-refractivity contribution is 5.93. The van der Waals surface area contributed by atoms with Crippen LogP contribution in [0.3, 0.4) is 0 Å². The average molecular weight is 160 g/mol. The number of fused-ring (bicyclic) bond motifs is 5. The third kappa shape index (κ3) is 0.669. The van der Waals surface area contributed by atoms with Gasteiger partial charge in [-0.25, -0.2) is 0 Å². The van der Waals surface area contributed by atoms with Crippen molar-refractivity contribution < 1.29 is 4.79 Å². The van der Waals surface area contributed by atoms with Gasteiger partial charge in [0, 0.05) is 5.92 Å². The summed E-state index contributed by atoms with van der Waals surface area (Å²) in [6, 6.07) is 0. The second-order valence-electron chi connectivity index (χ2n) is 4.18.